The lowest BCUT2D eigenvalue weighted by atomic mass is 10.6. The zero-order valence-electron chi connectivity index (χ0n) is 6.59. The van der Waals surface area contributed by atoms with Crippen molar-refractivity contribution in [3.63, 3.8) is 0 Å². The molecule has 0 aliphatic carbocycles. The second kappa shape index (κ2) is 7.21. The van der Waals surface area contributed by atoms with Crippen molar-refractivity contribution in [1.29, 1.82) is 0 Å². The van der Waals surface area contributed by atoms with Crippen LogP contribution in [0, 0.1) is 0 Å². The average Bonchev–Trinajstić information content (AvgIpc) is 1.97. The molecule has 0 heterocycles. The molecule has 10 heavy (non-hydrogen) atoms. The lowest BCUT2D eigenvalue weighted by Crippen LogP contribution is -2.27. The lowest BCUT2D eigenvalue weighted by molar-refractivity contribution is 0.152. The largest absolute Gasteiger partial charge is 0.383 e. The van der Waals surface area contributed by atoms with Gasteiger partial charge in [0.15, 0.2) is 0 Å². The molecule has 0 atom stereocenters. The Kier molecular flexibility index (Phi) is 7.28. The fraction of sp³-hybridized carbons (Fsp3) is 1.00. The number of ether oxygens (including phenoxy) is 2. The molecule has 0 aromatic heterocycles. The molecule has 0 bridgehead atoms. The predicted molar refractivity (Wildman–Crippen MR) is 41.1 cm³/mol. The molecule has 4 heteroatoms. The highest BCUT2D eigenvalue weighted by Gasteiger charge is 1.95. The van der Waals surface area contributed by atoms with Crippen molar-refractivity contribution in [3.05, 3.63) is 0 Å². The molecule has 0 spiro atoms. The summed E-state index contributed by atoms with van der Waals surface area (Å²) in [5.74, 6) is 0. The highest BCUT2D eigenvalue weighted by atomic mass is 28.2. The summed E-state index contributed by atoms with van der Waals surface area (Å²) in [4.78, 5) is 0. The van der Waals surface area contributed by atoms with Gasteiger partial charge >= 0.3 is 0 Å². The maximum atomic E-state index is 4.88. The van der Waals surface area contributed by atoms with E-state index in [0.29, 0.717) is 0 Å². The molecular formula is C6H14NO2Si. The van der Waals surface area contributed by atoms with E-state index in [1.165, 1.54) is 0 Å². The normalized spacial score (nSPS) is 10.8. The van der Waals surface area contributed by atoms with E-state index < -0.39 is 0 Å². The summed E-state index contributed by atoms with van der Waals surface area (Å²) in [6.45, 7) is 3.26. The first-order chi connectivity index (χ1) is 4.81. The highest BCUT2D eigenvalue weighted by Crippen LogP contribution is 1.80. The maximum absolute atomic E-state index is 4.88. The Labute approximate surface area is 65.8 Å². The van der Waals surface area contributed by atoms with Crippen molar-refractivity contribution in [2.45, 2.75) is 0 Å². The first-order valence-corrected chi connectivity index (χ1v) is 3.70. The first kappa shape index (κ1) is 10.1. The third kappa shape index (κ3) is 6.22. The van der Waals surface area contributed by atoms with Gasteiger partial charge in [-0.3, -0.25) is 0 Å². The van der Waals surface area contributed by atoms with E-state index >= 15 is 0 Å². The molecule has 0 unspecified atom stereocenters. The van der Waals surface area contributed by atoms with Gasteiger partial charge in [0, 0.05) is 27.3 Å². The van der Waals surface area contributed by atoms with Gasteiger partial charge in [0.05, 0.1) is 13.2 Å². The molecule has 0 aromatic rings. The van der Waals surface area contributed by atoms with Crippen LogP contribution in [-0.4, -0.2) is 55.5 Å². The lowest BCUT2D eigenvalue weighted by Gasteiger charge is -2.14. The number of nitrogens with zero attached hydrogens (tertiary/aromatic N) is 1. The molecule has 0 aliphatic rings. The zero-order chi connectivity index (χ0) is 7.82. The summed E-state index contributed by atoms with van der Waals surface area (Å²) < 4.78 is 11.7. The third-order valence-electron chi connectivity index (χ3n) is 1.13. The van der Waals surface area contributed by atoms with Crippen molar-refractivity contribution in [2.24, 2.45) is 0 Å². The number of hydrogen-bond acceptors (Lipinski definition) is 3. The van der Waals surface area contributed by atoms with Crippen LogP contribution in [0.4, 0.5) is 0 Å². The molecule has 0 saturated carbocycles. The van der Waals surface area contributed by atoms with E-state index in [9.17, 15) is 0 Å². The van der Waals surface area contributed by atoms with Crippen molar-refractivity contribution in [3.8, 4) is 0 Å². The van der Waals surface area contributed by atoms with Crippen LogP contribution >= 0.6 is 0 Å². The second-order valence-corrected chi connectivity index (χ2v) is 2.61. The Morgan fingerprint density at radius 3 is 1.80 bits per heavy atom. The van der Waals surface area contributed by atoms with Gasteiger partial charge in [0.2, 0.25) is 0 Å². The predicted octanol–water partition coefficient (Wildman–Crippen LogP) is -0.335. The first-order valence-electron chi connectivity index (χ1n) is 3.25. The van der Waals surface area contributed by atoms with Crippen LogP contribution in [0.3, 0.4) is 0 Å². The Hall–Kier alpha value is 0.0969. The quantitative estimate of drug-likeness (QED) is 0.496. The van der Waals surface area contributed by atoms with Gasteiger partial charge in [-0.15, -0.1) is 0 Å². The van der Waals surface area contributed by atoms with Crippen LogP contribution in [0.5, 0.6) is 0 Å². The Morgan fingerprint density at radius 1 is 1.10 bits per heavy atom. The van der Waals surface area contributed by atoms with Crippen LogP contribution in [0.25, 0.3) is 0 Å². The van der Waals surface area contributed by atoms with Gasteiger partial charge in [-0.1, -0.05) is 0 Å². The molecule has 0 saturated heterocycles. The minimum Gasteiger partial charge on any atom is -0.383 e. The third-order valence-corrected chi connectivity index (χ3v) is 1.58. The molecule has 0 N–H and O–H groups in total. The fourth-order valence-electron chi connectivity index (χ4n) is 0.515. The van der Waals surface area contributed by atoms with E-state index in [4.69, 9.17) is 9.47 Å². The van der Waals surface area contributed by atoms with Gasteiger partial charge in [0.25, 0.3) is 0 Å². The average molecular weight is 160 g/mol. The molecule has 0 fully saturated rings. The smallest absolute Gasteiger partial charge is 0.143 e. The van der Waals surface area contributed by atoms with Gasteiger partial charge in [-0.05, 0) is 0 Å². The topological polar surface area (TPSA) is 21.7 Å². The van der Waals surface area contributed by atoms with Crippen LogP contribution < -0.4 is 0 Å². The van der Waals surface area contributed by atoms with E-state index in [1.54, 1.807) is 14.2 Å². The number of methoxy groups -OCH3 is 2. The summed E-state index contributed by atoms with van der Waals surface area (Å²) in [6.07, 6.45) is 0. The standard InChI is InChI=1S/C6H14NO2Si/c1-8-5-3-7(10)4-6-9-2/h3-6H2,1-2H3. The Morgan fingerprint density at radius 2 is 1.50 bits per heavy atom. The summed E-state index contributed by atoms with van der Waals surface area (Å²) in [5, 5.41) is 0. The second-order valence-electron chi connectivity index (χ2n) is 1.97. The van der Waals surface area contributed by atoms with E-state index in [2.05, 4.69) is 10.4 Å². The SMILES string of the molecule is COCCN([Si])CCOC. The van der Waals surface area contributed by atoms with Gasteiger partial charge in [-0.2, -0.15) is 0 Å². The summed E-state index contributed by atoms with van der Waals surface area (Å²) in [5.41, 5.74) is 0. The van der Waals surface area contributed by atoms with Crippen LogP contribution in [-0.2, 0) is 9.47 Å². The van der Waals surface area contributed by atoms with E-state index in [-0.39, 0.29) is 0 Å². The van der Waals surface area contributed by atoms with E-state index in [1.807, 2.05) is 4.57 Å². The van der Waals surface area contributed by atoms with Gasteiger partial charge in [0.1, 0.15) is 10.4 Å². The Bertz CT molecular complexity index is 64.8. The summed E-state index contributed by atoms with van der Waals surface area (Å²) in [6, 6.07) is 0. The van der Waals surface area contributed by atoms with E-state index in [0.717, 1.165) is 26.3 Å². The van der Waals surface area contributed by atoms with Crippen molar-refractivity contribution < 1.29 is 9.47 Å². The zero-order valence-corrected chi connectivity index (χ0v) is 7.59. The van der Waals surface area contributed by atoms with Gasteiger partial charge < -0.3 is 14.0 Å². The summed E-state index contributed by atoms with van der Waals surface area (Å²) in [7, 11) is 6.78. The fourth-order valence-corrected chi connectivity index (χ4v) is 0.697. The van der Waals surface area contributed by atoms with Crippen molar-refractivity contribution >= 4 is 10.4 Å². The molecular weight excluding hydrogens is 146 g/mol. The van der Waals surface area contributed by atoms with Crippen LogP contribution in [0.1, 0.15) is 0 Å². The molecule has 59 valence electrons. The molecule has 0 aliphatic heterocycles. The van der Waals surface area contributed by atoms with Crippen LogP contribution in [0.15, 0.2) is 0 Å². The minimum atomic E-state index is 0.743. The number of hydrogen-bond donors (Lipinski definition) is 0. The van der Waals surface area contributed by atoms with Gasteiger partial charge in [-0.25, -0.2) is 0 Å². The molecule has 0 amide bonds. The molecule has 0 aromatic carbocycles. The van der Waals surface area contributed by atoms with Crippen molar-refractivity contribution in [1.82, 2.24) is 4.57 Å². The molecule has 0 rings (SSSR count). The highest BCUT2D eigenvalue weighted by molar-refractivity contribution is 6.04. The molecule has 3 nitrogen and oxygen atoms in total. The maximum Gasteiger partial charge on any atom is 0.143 e. The minimum absolute atomic E-state index is 0.743. The monoisotopic (exact) mass is 160 g/mol. The Balaban J connectivity index is 3.00. The molecule has 3 radical (unpaired) electrons. The number of rotatable bonds is 6. The summed E-state index contributed by atoms with van der Waals surface area (Å²) >= 11 is 0. The van der Waals surface area contributed by atoms with Crippen LogP contribution in [0.2, 0.25) is 0 Å². The van der Waals surface area contributed by atoms with Crippen molar-refractivity contribution in [2.75, 3.05) is 40.5 Å².